The fourth-order valence-corrected chi connectivity index (χ4v) is 3.93. The van der Waals surface area contributed by atoms with E-state index in [4.69, 9.17) is 0 Å². The third-order valence-corrected chi connectivity index (χ3v) is 5.45. The van der Waals surface area contributed by atoms with E-state index in [2.05, 4.69) is 64.1 Å². The summed E-state index contributed by atoms with van der Waals surface area (Å²) in [4.78, 5) is 0. The van der Waals surface area contributed by atoms with Crippen LogP contribution in [0.2, 0.25) is 0 Å². The minimum Gasteiger partial charge on any atom is -0.508 e. The monoisotopic (exact) mass is 338 g/mol. The summed E-state index contributed by atoms with van der Waals surface area (Å²) in [5.74, 6) is 0.967. The van der Waals surface area contributed by atoms with Crippen LogP contribution in [0.5, 0.6) is 5.75 Å². The Kier molecular flexibility index (Phi) is 7.11. The van der Waals surface area contributed by atoms with E-state index in [-0.39, 0.29) is 5.41 Å². The Hall–Kier alpha value is -1.76. The zero-order valence-corrected chi connectivity index (χ0v) is 16.4. The minimum atomic E-state index is -0.210. The summed E-state index contributed by atoms with van der Waals surface area (Å²) >= 11 is 0. The molecule has 0 aromatic heterocycles. The summed E-state index contributed by atoms with van der Waals surface area (Å²) in [5, 5.41) is 10.8. The zero-order valence-electron chi connectivity index (χ0n) is 16.4. The van der Waals surface area contributed by atoms with E-state index in [1.807, 2.05) is 12.1 Å². The van der Waals surface area contributed by atoms with Crippen molar-refractivity contribution in [2.75, 3.05) is 0 Å². The number of phenolic OH excluding ortho intramolecular Hbond substituents is 1. The molecule has 0 saturated heterocycles. The van der Waals surface area contributed by atoms with Crippen molar-refractivity contribution in [2.45, 2.75) is 77.6 Å². The van der Waals surface area contributed by atoms with E-state index < -0.39 is 0 Å². The van der Waals surface area contributed by atoms with Gasteiger partial charge in [0.2, 0.25) is 0 Å². The highest BCUT2D eigenvalue weighted by atomic mass is 16.3. The molecule has 136 valence electrons. The van der Waals surface area contributed by atoms with Gasteiger partial charge in [-0.1, -0.05) is 95.8 Å². The molecular weight excluding hydrogens is 304 g/mol. The van der Waals surface area contributed by atoms with Crippen molar-refractivity contribution in [3.8, 4) is 5.75 Å². The van der Waals surface area contributed by atoms with Crippen LogP contribution in [-0.2, 0) is 5.41 Å². The van der Waals surface area contributed by atoms with E-state index in [1.54, 1.807) is 0 Å². The lowest BCUT2D eigenvalue weighted by Crippen LogP contribution is -2.22. The SMILES string of the molecule is CCCCC(CCCC)c1cccc(O)c1C(C)(C)c1ccccc1. The van der Waals surface area contributed by atoms with Crippen LogP contribution in [0.25, 0.3) is 0 Å². The van der Waals surface area contributed by atoms with Crippen molar-refractivity contribution in [3.63, 3.8) is 0 Å². The molecule has 2 aromatic rings. The van der Waals surface area contributed by atoms with Crippen molar-refractivity contribution in [1.29, 1.82) is 0 Å². The van der Waals surface area contributed by atoms with E-state index >= 15 is 0 Å². The Labute approximate surface area is 154 Å². The molecule has 1 N–H and O–H groups in total. The lowest BCUT2D eigenvalue weighted by atomic mass is 9.72. The first-order chi connectivity index (χ1) is 12.0. The third-order valence-electron chi connectivity index (χ3n) is 5.45. The average Bonchev–Trinajstić information content (AvgIpc) is 2.62. The van der Waals surface area contributed by atoms with Crippen molar-refractivity contribution in [2.24, 2.45) is 0 Å². The second kappa shape index (κ2) is 9.08. The van der Waals surface area contributed by atoms with Gasteiger partial charge in [-0.05, 0) is 36.0 Å². The van der Waals surface area contributed by atoms with Gasteiger partial charge in [-0.25, -0.2) is 0 Å². The first kappa shape index (κ1) is 19.6. The van der Waals surface area contributed by atoms with E-state index in [0.29, 0.717) is 11.7 Å². The molecule has 0 spiro atoms. The van der Waals surface area contributed by atoms with Crippen LogP contribution < -0.4 is 0 Å². The first-order valence-corrected chi connectivity index (χ1v) is 9.90. The smallest absolute Gasteiger partial charge is 0.119 e. The van der Waals surface area contributed by atoms with Gasteiger partial charge >= 0.3 is 0 Å². The van der Waals surface area contributed by atoms with Gasteiger partial charge < -0.3 is 5.11 Å². The summed E-state index contributed by atoms with van der Waals surface area (Å²) in [6, 6.07) is 16.7. The maximum absolute atomic E-state index is 10.8. The second-order valence-corrected chi connectivity index (χ2v) is 7.71. The summed E-state index contributed by atoms with van der Waals surface area (Å²) in [6.45, 7) is 8.98. The molecule has 0 radical (unpaired) electrons. The number of aromatic hydroxyl groups is 1. The standard InChI is InChI=1S/C24H34O/c1-5-7-13-19(14-8-6-2)21-17-12-18-22(25)23(21)24(3,4)20-15-10-9-11-16-20/h9-12,15-19,25H,5-8,13-14H2,1-4H3. The highest BCUT2D eigenvalue weighted by Crippen LogP contribution is 2.43. The quantitative estimate of drug-likeness (QED) is 0.513. The topological polar surface area (TPSA) is 20.2 Å². The number of unbranched alkanes of at least 4 members (excludes halogenated alkanes) is 2. The highest BCUT2D eigenvalue weighted by Gasteiger charge is 2.30. The molecule has 0 aliphatic carbocycles. The van der Waals surface area contributed by atoms with Gasteiger partial charge in [-0.2, -0.15) is 0 Å². The first-order valence-electron chi connectivity index (χ1n) is 9.90. The number of hydrogen-bond donors (Lipinski definition) is 1. The van der Waals surface area contributed by atoms with Crippen molar-refractivity contribution < 1.29 is 5.11 Å². The van der Waals surface area contributed by atoms with Crippen molar-refractivity contribution in [1.82, 2.24) is 0 Å². The Bertz CT molecular complexity index is 634. The molecular formula is C24H34O. The van der Waals surface area contributed by atoms with Gasteiger partial charge in [0, 0.05) is 11.0 Å². The van der Waals surface area contributed by atoms with Gasteiger partial charge in [-0.15, -0.1) is 0 Å². The predicted octanol–water partition coefficient (Wildman–Crippen LogP) is 7.18. The molecule has 1 nitrogen and oxygen atoms in total. The normalized spacial score (nSPS) is 11.9. The molecule has 0 saturated carbocycles. The molecule has 0 amide bonds. The molecule has 1 heteroatoms. The Morgan fingerprint density at radius 2 is 1.44 bits per heavy atom. The summed E-state index contributed by atoms with van der Waals surface area (Å²) in [6.07, 6.45) is 7.35. The van der Waals surface area contributed by atoms with Crippen LogP contribution in [0.3, 0.4) is 0 Å². The number of phenols is 1. The van der Waals surface area contributed by atoms with E-state index in [1.165, 1.54) is 49.7 Å². The number of rotatable bonds is 9. The van der Waals surface area contributed by atoms with Crippen LogP contribution in [0.15, 0.2) is 48.5 Å². The van der Waals surface area contributed by atoms with Gasteiger partial charge in [0.05, 0.1) is 0 Å². The molecule has 0 bridgehead atoms. The largest absolute Gasteiger partial charge is 0.508 e. The molecule has 0 aliphatic rings. The highest BCUT2D eigenvalue weighted by molar-refractivity contribution is 5.51. The van der Waals surface area contributed by atoms with Crippen LogP contribution in [-0.4, -0.2) is 5.11 Å². The van der Waals surface area contributed by atoms with Crippen LogP contribution in [0.4, 0.5) is 0 Å². The Morgan fingerprint density at radius 1 is 0.840 bits per heavy atom. The third kappa shape index (κ3) is 4.66. The van der Waals surface area contributed by atoms with Crippen molar-refractivity contribution >= 4 is 0 Å². The summed E-state index contributed by atoms with van der Waals surface area (Å²) in [5.41, 5.74) is 3.50. The molecule has 2 aromatic carbocycles. The van der Waals surface area contributed by atoms with Gasteiger partial charge in [0.1, 0.15) is 5.75 Å². The summed E-state index contributed by atoms with van der Waals surface area (Å²) in [7, 11) is 0. The minimum absolute atomic E-state index is 0.210. The lowest BCUT2D eigenvalue weighted by Gasteiger charge is -2.32. The second-order valence-electron chi connectivity index (χ2n) is 7.71. The van der Waals surface area contributed by atoms with Gasteiger partial charge in [0.15, 0.2) is 0 Å². The lowest BCUT2D eigenvalue weighted by molar-refractivity contribution is 0.443. The number of hydrogen-bond acceptors (Lipinski definition) is 1. The van der Waals surface area contributed by atoms with Gasteiger partial charge in [0.25, 0.3) is 0 Å². The maximum atomic E-state index is 10.8. The van der Waals surface area contributed by atoms with Crippen LogP contribution >= 0.6 is 0 Å². The van der Waals surface area contributed by atoms with Crippen molar-refractivity contribution in [3.05, 3.63) is 65.2 Å². The Balaban J connectivity index is 2.50. The van der Waals surface area contributed by atoms with Gasteiger partial charge in [-0.3, -0.25) is 0 Å². The molecule has 0 heterocycles. The van der Waals surface area contributed by atoms with Crippen LogP contribution in [0, 0.1) is 0 Å². The molecule has 25 heavy (non-hydrogen) atoms. The predicted molar refractivity (Wildman–Crippen MR) is 108 cm³/mol. The average molecular weight is 339 g/mol. The molecule has 0 unspecified atom stereocenters. The molecule has 2 rings (SSSR count). The van der Waals surface area contributed by atoms with Crippen LogP contribution in [0.1, 0.15) is 88.8 Å². The fourth-order valence-electron chi connectivity index (χ4n) is 3.93. The van der Waals surface area contributed by atoms with E-state index in [0.717, 1.165) is 5.56 Å². The van der Waals surface area contributed by atoms with E-state index in [9.17, 15) is 5.11 Å². The molecule has 0 atom stereocenters. The summed E-state index contributed by atoms with van der Waals surface area (Å²) < 4.78 is 0. The zero-order chi connectivity index (χ0) is 18.3. The fraction of sp³-hybridized carbons (Fsp3) is 0.500. The molecule has 0 fully saturated rings. The molecule has 0 aliphatic heterocycles. The Morgan fingerprint density at radius 3 is 2.00 bits per heavy atom. The number of benzene rings is 2. The maximum Gasteiger partial charge on any atom is 0.119 e.